The van der Waals surface area contributed by atoms with Crippen molar-refractivity contribution >= 4 is 12.0 Å². The number of hydrogen-bond donors (Lipinski definition) is 0. The number of hydrogen-bond acceptors (Lipinski definition) is 5. The van der Waals surface area contributed by atoms with E-state index >= 15 is 0 Å². The van der Waals surface area contributed by atoms with Crippen molar-refractivity contribution in [2.75, 3.05) is 13.7 Å². The van der Waals surface area contributed by atoms with E-state index in [1.807, 2.05) is 12.1 Å². The van der Waals surface area contributed by atoms with Crippen LogP contribution >= 0.6 is 0 Å². The summed E-state index contributed by atoms with van der Waals surface area (Å²) in [6.45, 7) is 2.11. The van der Waals surface area contributed by atoms with Gasteiger partial charge in [-0.05, 0) is 31.2 Å². The van der Waals surface area contributed by atoms with Crippen LogP contribution in [-0.4, -0.2) is 24.7 Å². The number of pyridine rings is 1. The highest BCUT2D eigenvalue weighted by molar-refractivity contribution is 5.86. The topological polar surface area (TPSA) is 61.6 Å². The molecule has 2 heterocycles. The van der Waals surface area contributed by atoms with E-state index in [1.165, 1.54) is 6.08 Å². The quantitative estimate of drug-likeness (QED) is 0.619. The summed E-state index contributed by atoms with van der Waals surface area (Å²) in [6, 6.07) is 7.19. The van der Waals surface area contributed by atoms with Crippen LogP contribution < -0.4 is 4.74 Å². The maximum absolute atomic E-state index is 11.2. The molecule has 5 heteroatoms. The van der Waals surface area contributed by atoms with Gasteiger partial charge in [-0.25, -0.2) is 9.78 Å². The average Bonchev–Trinajstić information content (AvgIpc) is 2.94. The first kappa shape index (κ1) is 13.9. The lowest BCUT2D eigenvalue weighted by molar-refractivity contribution is -0.137. The van der Waals surface area contributed by atoms with E-state index in [0.717, 1.165) is 5.56 Å². The highest BCUT2D eigenvalue weighted by Crippen LogP contribution is 2.23. The molecule has 0 atom stereocenters. The molecule has 0 N–H and O–H groups in total. The van der Waals surface area contributed by atoms with E-state index in [1.54, 1.807) is 38.4 Å². The minimum atomic E-state index is -0.392. The van der Waals surface area contributed by atoms with Crippen molar-refractivity contribution in [3.05, 3.63) is 42.3 Å². The molecule has 0 radical (unpaired) electrons. The van der Waals surface area contributed by atoms with Crippen LogP contribution in [0.4, 0.5) is 0 Å². The largest absolute Gasteiger partial charge is 0.481 e. The second-order valence-electron chi connectivity index (χ2n) is 3.88. The minimum Gasteiger partial charge on any atom is -0.481 e. The Morgan fingerprint density at radius 1 is 1.35 bits per heavy atom. The first-order valence-corrected chi connectivity index (χ1v) is 6.18. The van der Waals surface area contributed by atoms with Gasteiger partial charge in [-0.2, -0.15) is 0 Å². The number of ether oxygens (including phenoxy) is 2. The predicted octanol–water partition coefficient (Wildman–Crippen LogP) is 2.93. The molecule has 0 saturated carbocycles. The number of esters is 1. The summed E-state index contributed by atoms with van der Waals surface area (Å²) in [5, 5.41) is 0. The zero-order chi connectivity index (χ0) is 14.4. The van der Waals surface area contributed by atoms with Gasteiger partial charge in [0.1, 0.15) is 11.5 Å². The number of nitrogens with zero attached hydrogens (tertiary/aromatic N) is 1. The number of methoxy groups -OCH3 is 1. The molecule has 2 rings (SSSR count). The van der Waals surface area contributed by atoms with Crippen molar-refractivity contribution in [3.63, 3.8) is 0 Å². The normalized spacial score (nSPS) is 10.7. The third-order valence-electron chi connectivity index (χ3n) is 2.53. The lowest BCUT2D eigenvalue weighted by Gasteiger charge is -1.99. The van der Waals surface area contributed by atoms with Gasteiger partial charge in [0.05, 0.1) is 13.7 Å². The van der Waals surface area contributed by atoms with Gasteiger partial charge in [0, 0.05) is 23.9 Å². The molecule has 0 fully saturated rings. The van der Waals surface area contributed by atoms with E-state index in [2.05, 4.69) is 4.98 Å². The Kier molecular flexibility index (Phi) is 4.55. The fourth-order valence-corrected chi connectivity index (χ4v) is 1.58. The summed E-state index contributed by atoms with van der Waals surface area (Å²) in [5.74, 6) is 1.40. The molecule has 0 amide bonds. The number of carbonyl (C=O) groups excluding carboxylic acids is 1. The zero-order valence-electron chi connectivity index (χ0n) is 11.3. The molecule has 0 aliphatic heterocycles. The lowest BCUT2D eigenvalue weighted by atomic mass is 10.2. The average molecular weight is 273 g/mol. The smallest absolute Gasteiger partial charge is 0.330 e. The lowest BCUT2D eigenvalue weighted by Crippen LogP contribution is -1.98. The van der Waals surface area contributed by atoms with Gasteiger partial charge in [0.2, 0.25) is 5.88 Å². The summed E-state index contributed by atoms with van der Waals surface area (Å²) in [5.41, 5.74) is 0.835. The molecular weight excluding hydrogens is 258 g/mol. The zero-order valence-corrected chi connectivity index (χ0v) is 11.3. The van der Waals surface area contributed by atoms with Crippen molar-refractivity contribution < 1.29 is 18.7 Å². The van der Waals surface area contributed by atoms with Crippen LogP contribution in [0.5, 0.6) is 5.88 Å². The van der Waals surface area contributed by atoms with E-state index in [9.17, 15) is 4.79 Å². The molecule has 2 aromatic heterocycles. The predicted molar refractivity (Wildman–Crippen MR) is 74.2 cm³/mol. The monoisotopic (exact) mass is 273 g/mol. The molecule has 0 aliphatic rings. The fraction of sp³-hybridized carbons (Fsp3) is 0.200. The number of furan rings is 1. The van der Waals surface area contributed by atoms with Crippen LogP contribution in [0.15, 0.2) is 41.0 Å². The Balaban J connectivity index is 2.09. The van der Waals surface area contributed by atoms with Crippen molar-refractivity contribution in [1.82, 2.24) is 4.98 Å². The van der Waals surface area contributed by atoms with E-state index in [4.69, 9.17) is 13.9 Å². The van der Waals surface area contributed by atoms with Gasteiger partial charge < -0.3 is 13.9 Å². The maximum Gasteiger partial charge on any atom is 0.330 e. The van der Waals surface area contributed by atoms with Crippen LogP contribution in [0.25, 0.3) is 17.4 Å². The van der Waals surface area contributed by atoms with Crippen molar-refractivity contribution in [1.29, 1.82) is 0 Å². The van der Waals surface area contributed by atoms with Crippen LogP contribution in [0.1, 0.15) is 12.7 Å². The van der Waals surface area contributed by atoms with Crippen LogP contribution in [0.3, 0.4) is 0 Å². The fourth-order valence-electron chi connectivity index (χ4n) is 1.58. The van der Waals surface area contributed by atoms with Crippen LogP contribution in [0, 0.1) is 0 Å². The second-order valence-corrected chi connectivity index (χ2v) is 3.88. The third-order valence-corrected chi connectivity index (χ3v) is 2.53. The summed E-state index contributed by atoms with van der Waals surface area (Å²) in [4.78, 5) is 15.3. The number of rotatable bonds is 5. The first-order chi connectivity index (χ1) is 9.72. The Morgan fingerprint density at radius 2 is 2.20 bits per heavy atom. The van der Waals surface area contributed by atoms with Crippen molar-refractivity contribution in [3.8, 4) is 17.2 Å². The molecule has 0 aromatic carbocycles. The molecule has 0 saturated heterocycles. The van der Waals surface area contributed by atoms with Crippen molar-refractivity contribution in [2.45, 2.75) is 6.92 Å². The van der Waals surface area contributed by atoms with Crippen LogP contribution in [-0.2, 0) is 9.53 Å². The molecule has 0 unspecified atom stereocenters. The summed E-state index contributed by atoms with van der Waals surface area (Å²) in [7, 11) is 1.56. The summed E-state index contributed by atoms with van der Waals surface area (Å²) in [6.07, 6.45) is 4.56. The number of aromatic nitrogens is 1. The Labute approximate surface area is 116 Å². The van der Waals surface area contributed by atoms with E-state index in [-0.39, 0.29) is 0 Å². The summed E-state index contributed by atoms with van der Waals surface area (Å²) >= 11 is 0. The highest BCUT2D eigenvalue weighted by Gasteiger charge is 2.04. The van der Waals surface area contributed by atoms with Crippen LogP contribution in [0.2, 0.25) is 0 Å². The SMILES string of the molecule is CCOC(=O)/C=C/c1ccc(-c2ccc(OC)nc2)o1. The van der Waals surface area contributed by atoms with E-state index < -0.39 is 5.97 Å². The van der Waals surface area contributed by atoms with Gasteiger partial charge in [-0.3, -0.25) is 0 Å². The van der Waals surface area contributed by atoms with Gasteiger partial charge in [-0.1, -0.05) is 0 Å². The number of carbonyl (C=O) groups is 1. The molecule has 0 aliphatic carbocycles. The second kappa shape index (κ2) is 6.56. The molecule has 2 aromatic rings. The molecule has 104 valence electrons. The Hall–Kier alpha value is -2.56. The van der Waals surface area contributed by atoms with Gasteiger partial charge >= 0.3 is 5.97 Å². The van der Waals surface area contributed by atoms with Crippen molar-refractivity contribution in [2.24, 2.45) is 0 Å². The summed E-state index contributed by atoms with van der Waals surface area (Å²) < 4.78 is 15.4. The van der Waals surface area contributed by atoms with Gasteiger partial charge in [-0.15, -0.1) is 0 Å². The van der Waals surface area contributed by atoms with E-state index in [0.29, 0.717) is 24.0 Å². The molecular formula is C15H15NO4. The molecule has 0 spiro atoms. The molecule has 20 heavy (non-hydrogen) atoms. The minimum absolute atomic E-state index is 0.351. The highest BCUT2D eigenvalue weighted by atomic mass is 16.5. The standard InChI is InChI=1S/C15H15NO4/c1-3-19-15(17)9-6-12-5-7-13(20-12)11-4-8-14(18-2)16-10-11/h4-10H,3H2,1-2H3/b9-6+. The Bertz CT molecular complexity index is 599. The third kappa shape index (κ3) is 3.47. The van der Waals surface area contributed by atoms with Gasteiger partial charge in [0.15, 0.2) is 0 Å². The molecule has 0 bridgehead atoms. The Morgan fingerprint density at radius 3 is 2.85 bits per heavy atom. The maximum atomic E-state index is 11.2. The molecule has 5 nitrogen and oxygen atoms in total. The van der Waals surface area contributed by atoms with Gasteiger partial charge in [0.25, 0.3) is 0 Å². The first-order valence-electron chi connectivity index (χ1n) is 6.18.